The minimum Gasteiger partial charge on any atom is -0.299 e. The molecule has 68 valence electrons. The van der Waals surface area contributed by atoms with Gasteiger partial charge in [0.05, 0.1) is 6.42 Å². The van der Waals surface area contributed by atoms with E-state index in [0.717, 1.165) is 25.9 Å². The lowest BCUT2D eigenvalue weighted by Gasteiger charge is -2.15. The predicted molar refractivity (Wildman–Crippen MR) is 44.2 cm³/mol. The number of nitrogens with zero attached hydrogens (tertiary/aromatic N) is 1. The minimum absolute atomic E-state index is 0.00347. The van der Waals surface area contributed by atoms with Crippen molar-refractivity contribution in [2.45, 2.75) is 26.2 Å². The molecule has 1 amide bonds. The van der Waals surface area contributed by atoms with Crippen molar-refractivity contribution >= 4 is 11.7 Å². The zero-order chi connectivity index (χ0) is 8.97. The molecule has 1 rings (SSSR count). The SMILES string of the molecule is CC(=O)CC(=O)NN1CCCC1. The van der Waals surface area contributed by atoms with E-state index in [4.69, 9.17) is 0 Å². The average Bonchev–Trinajstić information content (AvgIpc) is 2.37. The molecule has 0 aliphatic carbocycles. The molecule has 1 aliphatic heterocycles. The highest BCUT2D eigenvalue weighted by Gasteiger charge is 2.14. The third kappa shape index (κ3) is 3.00. The number of carbonyl (C=O) groups is 2. The van der Waals surface area contributed by atoms with Crippen LogP contribution in [-0.4, -0.2) is 29.8 Å². The van der Waals surface area contributed by atoms with Gasteiger partial charge in [-0.05, 0) is 19.8 Å². The molecule has 0 aromatic heterocycles. The number of nitrogens with one attached hydrogen (secondary N) is 1. The van der Waals surface area contributed by atoms with Gasteiger partial charge in [-0.2, -0.15) is 0 Å². The second-order valence-electron chi connectivity index (χ2n) is 3.11. The van der Waals surface area contributed by atoms with Gasteiger partial charge < -0.3 is 0 Å². The zero-order valence-corrected chi connectivity index (χ0v) is 7.30. The van der Waals surface area contributed by atoms with E-state index in [9.17, 15) is 9.59 Å². The first-order chi connectivity index (χ1) is 5.68. The van der Waals surface area contributed by atoms with Crippen LogP contribution in [-0.2, 0) is 9.59 Å². The molecule has 1 aliphatic rings. The Kier molecular flexibility index (Phi) is 3.22. The van der Waals surface area contributed by atoms with Gasteiger partial charge in [-0.1, -0.05) is 0 Å². The van der Waals surface area contributed by atoms with Crippen LogP contribution in [0, 0.1) is 0 Å². The number of amides is 1. The van der Waals surface area contributed by atoms with Crippen molar-refractivity contribution in [1.29, 1.82) is 0 Å². The Morgan fingerprint density at radius 1 is 1.33 bits per heavy atom. The molecule has 4 nitrogen and oxygen atoms in total. The summed E-state index contributed by atoms with van der Waals surface area (Å²) in [6, 6.07) is 0. The van der Waals surface area contributed by atoms with Gasteiger partial charge in [-0.3, -0.25) is 15.0 Å². The molecule has 0 unspecified atom stereocenters. The van der Waals surface area contributed by atoms with Crippen LogP contribution >= 0.6 is 0 Å². The summed E-state index contributed by atoms with van der Waals surface area (Å²) in [6.45, 7) is 3.23. The summed E-state index contributed by atoms with van der Waals surface area (Å²) in [6.07, 6.45) is 2.25. The Balaban J connectivity index is 2.20. The third-order valence-corrected chi connectivity index (χ3v) is 1.80. The summed E-state index contributed by atoms with van der Waals surface area (Å²) in [5.74, 6) is -0.281. The second-order valence-corrected chi connectivity index (χ2v) is 3.11. The van der Waals surface area contributed by atoms with Gasteiger partial charge in [0.25, 0.3) is 0 Å². The molecule has 0 radical (unpaired) electrons. The Hall–Kier alpha value is -0.900. The largest absolute Gasteiger partial charge is 0.299 e. The summed E-state index contributed by atoms with van der Waals surface area (Å²) >= 11 is 0. The Morgan fingerprint density at radius 2 is 1.92 bits per heavy atom. The number of rotatable bonds is 3. The molecule has 1 saturated heterocycles. The first-order valence-electron chi connectivity index (χ1n) is 4.22. The summed E-state index contributed by atoms with van der Waals surface area (Å²) in [7, 11) is 0. The highest BCUT2D eigenvalue weighted by atomic mass is 16.2. The van der Waals surface area contributed by atoms with E-state index in [0.29, 0.717) is 0 Å². The molecule has 1 N–H and O–H groups in total. The lowest BCUT2D eigenvalue weighted by molar-refractivity contribution is -0.130. The van der Waals surface area contributed by atoms with Gasteiger partial charge in [-0.25, -0.2) is 5.01 Å². The monoisotopic (exact) mass is 170 g/mol. The second kappa shape index (κ2) is 4.21. The third-order valence-electron chi connectivity index (χ3n) is 1.80. The number of Topliss-reactive ketones (excluding diaryl/α,β-unsaturated/α-hetero) is 1. The standard InChI is InChI=1S/C8H14N2O2/c1-7(11)6-8(12)9-10-4-2-3-5-10/h2-6H2,1H3,(H,9,12). The van der Waals surface area contributed by atoms with E-state index >= 15 is 0 Å². The molecular weight excluding hydrogens is 156 g/mol. The van der Waals surface area contributed by atoms with Gasteiger partial charge in [0.2, 0.25) is 5.91 Å². The van der Waals surface area contributed by atoms with Crippen molar-refractivity contribution in [2.24, 2.45) is 0 Å². The predicted octanol–water partition coefficient (Wildman–Crippen LogP) is 0.0925. The number of hydrazine groups is 1. The van der Waals surface area contributed by atoms with Gasteiger partial charge in [-0.15, -0.1) is 0 Å². The number of ketones is 1. The molecule has 0 spiro atoms. The van der Waals surface area contributed by atoms with Crippen LogP contribution in [0.3, 0.4) is 0 Å². The lowest BCUT2D eigenvalue weighted by Crippen LogP contribution is -2.40. The topological polar surface area (TPSA) is 49.4 Å². The van der Waals surface area contributed by atoms with Gasteiger partial charge in [0.1, 0.15) is 5.78 Å². The van der Waals surface area contributed by atoms with E-state index in [2.05, 4.69) is 5.43 Å². The molecule has 4 heteroatoms. The maximum Gasteiger partial charge on any atom is 0.241 e. The van der Waals surface area contributed by atoms with Gasteiger partial charge >= 0.3 is 0 Å². The summed E-state index contributed by atoms with van der Waals surface area (Å²) in [5, 5.41) is 1.87. The van der Waals surface area contributed by atoms with Crippen LogP contribution in [0.5, 0.6) is 0 Å². The fraction of sp³-hybridized carbons (Fsp3) is 0.750. The maximum absolute atomic E-state index is 11.0. The summed E-state index contributed by atoms with van der Waals surface area (Å²) in [5.41, 5.74) is 2.68. The van der Waals surface area contributed by atoms with Crippen LogP contribution < -0.4 is 5.43 Å². The first-order valence-corrected chi connectivity index (χ1v) is 4.22. The lowest BCUT2D eigenvalue weighted by atomic mass is 10.3. The number of hydrogen-bond acceptors (Lipinski definition) is 3. The Labute approximate surface area is 71.9 Å². The Bertz CT molecular complexity index is 185. The molecular formula is C8H14N2O2. The molecule has 12 heavy (non-hydrogen) atoms. The summed E-state index contributed by atoms with van der Waals surface area (Å²) < 4.78 is 0. The number of carbonyl (C=O) groups excluding carboxylic acids is 2. The molecule has 0 aromatic carbocycles. The van der Waals surface area contributed by atoms with Crippen LogP contribution in [0.4, 0.5) is 0 Å². The zero-order valence-electron chi connectivity index (χ0n) is 7.30. The van der Waals surface area contributed by atoms with Gasteiger partial charge in [0.15, 0.2) is 0 Å². The van der Waals surface area contributed by atoms with E-state index in [1.54, 1.807) is 0 Å². The fourth-order valence-electron chi connectivity index (χ4n) is 1.27. The fourth-order valence-corrected chi connectivity index (χ4v) is 1.27. The summed E-state index contributed by atoms with van der Waals surface area (Å²) in [4.78, 5) is 21.6. The van der Waals surface area contributed by atoms with E-state index in [-0.39, 0.29) is 18.1 Å². The molecule has 1 heterocycles. The Morgan fingerprint density at radius 3 is 2.42 bits per heavy atom. The first kappa shape index (κ1) is 9.19. The quantitative estimate of drug-likeness (QED) is 0.611. The van der Waals surface area contributed by atoms with Crippen molar-refractivity contribution in [1.82, 2.24) is 10.4 Å². The van der Waals surface area contributed by atoms with Crippen molar-refractivity contribution < 1.29 is 9.59 Å². The van der Waals surface area contributed by atoms with Crippen molar-refractivity contribution in [3.05, 3.63) is 0 Å². The van der Waals surface area contributed by atoms with E-state index in [1.807, 2.05) is 5.01 Å². The van der Waals surface area contributed by atoms with E-state index < -0.39 is 0 Å². The van der Waals surface area contributed by atoms with Crippen LogP contribution in [0.25, 0.3) is 0 Å². The van der Waals surface area contributed by atoms with E-state index in [1.165, 1.54) is 6.92 Å². The maximum atomic E-state index is 11.0. The molecule has 0 bridgehead atoms. The highest BCUT2D eigenvalue weighted by molar-refractivity contribution is 5.96. The molecule has 0 aromatic rings. The van der Waals surface area contributed by atoms with Crippen molar-refractivity contribution in [3.63, 3.8) is 0 Å². The van der Waals surface area contributed by atoms with Crippen molar-refractivity contribution in [2.75, 3.05) is 13.1 Å². The van der Waals surface area contributed by atoms with Crippen LogP contribution in [0.1, 0.15) is 26.2 Å². The molecule has 0 atom stereocenters. The van der Waals surface area contributed by atoms with Crippen LogP contribution in [0.2, 0.25) is 0 Å². The highest BCUT2D eigenvalue weighted by Crippen LogP contribution is 2.03. The molecule has 1 fully saturated rings. The number of hydrogen-bond donors (Lipinski definition) is 1. The average molecular weight is 170 g/mol. The minimum atomic E-state index is -0.190. The van der Waals surface area contributed by atoms with Crippen molar-refractivity contribution in [3.8, 4) is 0 Å². The smallest absolute Gasteiger partial charge is 0.241 e. The molecule has 0 saturated carbocycles. The normalized spacial score (nSPS) is 17.8. The van der Waals surface area contributed by atoms with Gasteiger partial charge in [0, 0.05) is 13.1 Å². The van der Waals surface area contributed by atoms with Crippen LogP contribution in [0.15, 0.2) is 0 Å².